The van der Waals surface area contributed by atoms with Crippen LogP contribution in [0, 0.1) is 4.78 Å². The van der Waals surface area contributed by atoms with Crippen LogP contribution in [0.5, 0.6) is 0 Å². The third-order valence-corrected chi connectivity index (χ3v) is 4.54. The normalized spacial score (nSPS) is 13.4. The number of amides is 1. The van der Waals surface area contributed by atoms with Gasteiger partial charge in [0.25, 0.3) is 0 Å². The molecule has 0 fully saturated rings. The first kappa shape index (κ1) is 14.6. The molecule has 2 rings (SSSR count). The summed E-state index contributed by atoms with van der Waals surface area (Å²) < 4.78 is 20.1. The largest absolute Gasteiger partial charge is 0.325 e. The van der Waals surface area contributed by atoms with E-state index < -0.39 is 15.6 Å². The lowest BCUT2D eigenvalue weighted by Crippen LogP contribution is -2.22. The molecule has 0 heterocycles. The topological polar surface area (TPSA) is 70.0 Å². The van der Waals surface area contributed by atoms with Crippen molar-refractivity contribution in [3.8, 4) is 0 Å². The zero-order chi connectivity index (χ0) is 14.6. The Morgan fingerprint density at radius 3 is 2.30 bits per heavy atom. The highest BCUT2D eigenvalue weighted by molar-refractivity contribution is 7.93. The van der Waals surface area contributed by atoms with Crippen LogP contribution in [-0.2, 0) is 14.5 Å². The highest BCUT2D eigenvalue weighted by Crippen LogP contribution is 2.16. The van der Waals surface area contributed by atoms with Crippen LogP contribution in [0.4, 0.5) is 5.69 Å². The lowest BCUT2D eigenvalue weighted by Gasteiger charge is -2.08. The van der Waals surface area contributed by atoms with Gasteiger partial charge in [0.05, 0.1) is 9.73 Å². The Morgan fingerprint density at radius 1 is 1.10 bits per heavy atom. The Morgan fingerprint density at radius 2 is 1.70 bits per heavy atom. The van der Waals surface area contributed by atoms with Crippen LogP contribution in [0.25, 0.3) is 0 Å². The molecule has 0 saturated heterocycles. The van der Waals surface area contributed by atoms with Crippen LogP contribution in [0.3, 0.4) is 0 Å². The first-order valence-electron chi connectivity index (χ1n) is 5.84. The third kappa shape index (κ3) is 3.82. The SMILES string of the molecule is N=S(=O)(CC(=O)Nc1ccccc1)c1ccc(Cl)cc1. The number of nitrogens with one attached hydrogen (secondary N) is 2. The smallest absolute Gasteiger partial charge is 0.238 e. The minimum absolute atomic E-state index is 0.296. The van der Waals surface area contributed by atoms with Crippen LogP contribution < -0.4 is 5.32 Å². The van der Waals surface area contributed by atoms with Crippen molar-refractivity contribution in [2.45, 2.75) is 4.90 Å². The first-order valence-corrected chi connectivity index (χ1v) is 7.95. The van der Waals surface area contributed by atoms with Gasteiger partial charge in [0, 0.05) is 15.6 Å². The van der Waals surface area contributed by atoms with Gasteiger partial charge in [0.15, 0.2) is 0 Å². The summed E-state index contributed by atoms with van der Waals surface area (Å²) in [4.78, 5) is 12.1. The van der Waals surface area contributed by atoms with Crippen LogP contribution in [0.15, 0.2) is 59.5 Å². The van der Waals surface area contributed by atoms with Crippen molar-refractivity contribution in [3.05, 3.63) is 59.6 Å². The minimum Gasteiger partial charge on any atom is -0.325 e. The van der Waals surface area contributed by atoms with Gasteiger partial charge in [0.2, 0.25) is 5.91 Å². The monoisotopic (exact) mass is 308 g/mol. The molecule has 4 nitrogen and oxygen atoms in total. The number of halogens is 1. The number of carbonyl (C=O) groups is 1. The molecule has 0 aliphatic rings. The number of benzene rings is 2. The molecule has 1 atom stereocenters. The van der Waals surface area contributed by atoms with Crippen LogP contribution >= 0.6 is 11.6 Å². The van der Waals surface area contributed by atoms with Crippen molar-refractivity contribution >= 4 is 32.9 Å². The van der Waals surface area contributed by atoms with Gasteiger partial charge in [-0.1, -0.05) is 29.8 Å². The Kier molecular flexibility index (Phi) is 4.42. The second-order valence-corrected chi connectivity index (χ2v) is 6.73. The van der Waals surface area contributed by atoms with E-state index in [-0.39, 0.29) is 5.75 Å². The van der Waals surface area contributed by atoms with E-state index in [2.05, 4.69) is 5.32 Å². The number of anilines is 1. The van der Waals surface area contributed by atoms with Crippen LogP contribution in [0.1, 0.15) is 0 Å². The van der Waals surface area contributed by atoms with E-state index in [1.165, 1.54) is 12.1 Å². The molecule has 0 bridgehead atoms. The van der Waals surface area contributed by atoms with Gasteiger partial charge in [-0.2, -0.15) is 0 Å². The Labute approximate surface area is 122 Å². The highest BCUT2D eigenvalue weighted by Gasteiger charge is 2.15. The number of hydrogen-bond donors (Lipinski definition) is 2. The summed E-state index contributed by atoms with van der Waals surface area (Å²) in [5.74, 6) is -0.838. The summed E-state index contributed by atoms with van der Waals surface area (Å²) in [6.07, 6.45) is 0. The van der Waals surface area contributed by atoms with E-state index in [9.17, 15) is 9.00 Å². The average molecular weight is 309 g/mol. The number of carbonyl (C=O) groups excluding carboxylic acids is 1. The molecular formula is C14H13ClN2O2S. The van der Waals surface area contributed by atoms with Gasteiger partial charge in [-0.15, -0.1) is 0 Å². The van der Waals surface area contributed by atoms with E-state index in [1.807, 2.05) is 6.07 Å². The van der Waals surface area contributed by atoms with Crippen molar-refractivity contribution in [2.75, 3.05) is 11.1 Å². The highest BCUT2D eigenvalue weighted by atomic mass is 35.5. The number of hydrogen-bond acceptors (Lipinski definition) is 3. The average Bonchev–Trinajstić information content (AvgIpc) is 2.39. The summed E-state index contributed by atoms with van der Waals surface area (Å²) in [5, 5.41) is 3.11. The van der Waals surface area contributed by atoms with Crippen molar-refractivity contribution in [1.29, 1.82) is 4.78 Å². The van der Waals surface area contributed by atoms with Gasteiger partial charge in [0.1, 0.15) is 5.75 Å². The zero-order valence-corrected chi connectivity index (χ0v) is 12.1. The van der Waals surface area contributed by atoms with Crippen LogP contribution in [-0.4, -0.2) is 15.9 Å². The summed E-state index contributed by atoms with van der Waals surface area (Å²) in [7, 11) is -3.17. The molecule has 2 N–H and O–H groups in total. The molecule has 0 spiro atoms. The predicted octanol–water partition coefficient (Wildman–Crippen LogP) is 3.38. The van der Waals surface area contributed by atoms with Gasteiger partial charge in [-0.25, -0.2) is 8.99 Å². The van der Waals surface area contributed by atoms with E-state index >= 15 is 0 Å². The first-order chi connectivity index (χ1) is 9.47. The molecule has 2 aromatic rings. The Balaban J connectivity index is 2.08. The fourth-order valence-corrected chi connectivity index (χ4v) is 2.95. The maximum absolute atomic E-state index is 12.3. The predicted molar refractivity (Wildman–Crippen MR) is 80.5 cm³/mol. The summed E-state index contributed by atoms with van der Waals surface area (Å²) >= 11 is 5.74. The fourth-order valence-electron chi connectivity index (χ4n) is 1.64. The summed E-state index contributed by atoms with van der Waals surface area (Å²) in [6, 6.07) is 15.0. The molecule has 6 heteroatoms. The van der Waals surface area contributed by atoms with Crippen molar-refractivity contribution in [3.63, 3.8) is 0 Å². The molecule has 104 valence electrons. The maximum atomic E-state index is 12.3. The summed E-state index contributed by atoms with van der Waals surface area (Å²) in [6.45, 7) is 0. The van der Waals surface area contributed by atoms with E-state index in [0.717, 1.165) is 0 Å². The minimum atomic E-state index is -3.17. The Bertz CT molecular complexity index is 698. The fraction of sp³-hybridized carbons (Fsp3) is 0.0714. The second kappa shape index (κ2) is 6.07. The van der Waals surface area contributed by atoms with Crippen molar-refractivity contribution in [2.24, 2.45) is 0 Å². The molecule has 0 aliphatic heterocycles. The van der Waals surface area contributed by atoms with E-state index in [0.29, 0.717) is 15.6 Å². The second-order valence-electron chi connectivity index (χ2n) is 4.19. The van der Waals surface area contributed by atoms with Gasteiger partial charge >= 0.3 is 0 Å². The van der Waals surface area contributed by atoms with E-state index in [4.69, 9.17) is 16.4 Å². The zero-order valence-electron chi connectivity index (χ0n) is 10.5. The van der Waals surface area contributed by atoms with Crippen molar-refractivity contribution < 1.29 is 9.00 Å². The molecule has 0 radical (unpaired) electrons. The lowest BCUT2D eigenvalue weighted by molar-refractivity contribution is -0.113. The molecule has 0 saturated carbocycles. The number of rotatable bonds is 4. The van der Waals surface area contributed by atoms with Gasteiger partial charge in [-0.05, 0) is 36.4 Å². The maximum Gasteiger partial charge on any atom is 0.238 e. The molecule has 20 heavy (non-hydrogen) atoms. The lowest BCUT2D eigenvalue weighted by atomic mass is 10.3. The molecule has 1 amide bonds. The number of para-hydroxylation sites is 1. The quantitative estimate of drug-likeness (QED) is 0.909. The third-order valence-electron chi connectivity index (χ3n) is 2.59. The van der Waals surface area contributed by atoms with E-state index in [1.54, 1.807) is 36.4 Å². The molecule has 0 aromatic heterocycles. The Hall–Kier alpha value is -1.85. The standard InChI is InChI=1S/C14H13ClN2O2S/c15-11-6-8-13(9-7-11)20(16,19)10-14(18)17-12-4-2-1-3-5-12/h1-9,16H,10H2,(H,17,18). The summed E-state index contributed by atoms with van der Waals surface area (Å²) in [5.41, 5.74) is 0.615. The molecule has 0 aliphatic carbocycles. The van der Waals surface area contributed by atoms with Gasteiger partial charge in [-0.3, -0.25) is 4.79 Å². The molecule has 2 aromatic carbocycles. The van der Waals surface area contributed by atoms with Crippen LogP contribution in [0.2, 0.25) is 5.02 Å². The molecular weight excluding hydrogens is 296 g/mol. The molecule has 1 unspecified atom stereocenters. The van der Waals surface area contributed by atoms with Gasteiger partial charge < -0.3 is 5.32 Å². The van der Waals surface area contributed by atoms with Crippen molar-refractivity contribution in [1.82, 2.24) is 0 Å².